The van der Waals surface area contributed by atoms with E-state index in [1.54, 1.807) is 0 Å². The van der Waals surface area contributed by atoms with E-state index in [1.165, 1.54) is 5.56 Å². The first-order valence-electron chi connectivity index (χ1n) is 6.73. The van der Waals surface area contributed by atoms with Crippen LogP contribution in [0.5, 0.6) is 0 Å². The van der Waals surface area contributed by atoms with E-state index in [2.05, 4.69) is 47.8 Å². The highest BCUT2D eigenvalue weighted by molar-refractivity contribution is 6.31. The van der Waals surface area contributed by atoms with Crippen LogP contribution in [0.2, 0.25) is 5.02 Å². The Morgan fingerprint density at radius 2 is 2.00 bits per heavy atom. The zero-order valence-corrected chi connectivity index (χ0v) is 12.8. The number of hydrogen-bond donors (Lipinski definition) is 0. The summed E-state index contributed by atoms with van der Waals surface area (Å²) in [6.07, 6.45) is 3.14. The predicted octanol–water partition coefficient (Wildman–Crippen LogP) is 4.40. The van der Waals surface area contributed by atoms with Crippen LogP contribution in [0.1, 0.15) is 36.5 Å². The Hall–Kier alpha value is -1.28. The minimum atomic E-state index is 0.653. The van der Waals surface area contributed by atoms with Gasteiger partial charge in [0.15, 0.2) is 0 Å². The monoisotopic (exact) mass is 276 g/mol. The molecule has 1 aromatic carbocycles. The summed E-state index contributed by atoms with van der Waals surface area (Å²) < 4.78 is 2.14. The fourth-order valence-corrected chi connectivity index (χ4v) is 2.59. The molecule has 0 bridgehead atoms. The Bertz CT molecular complexity index is 570. The number of aryl methyl sites for hydroxylation is 2. The maximum atomic E-state index is 6.39. The standard InChI is InChI=1S/C16H21ClN2/c1-11(2)7-14-5-6-15(16(17)8-14)10-19-9-12(3)18-13(19)4/h5-6,8-9,11H,7,10H2,1-4H3. The highest BCUT2D eigenvalue weighted by atomic mass is 35.5. The van der Waals surface area contributed by atoms with E-state index in [1.807, 2.05) is 13.8 Å². The van der Waals surface area contributed by atoms with Crippen molar-refractivity contribution in [3.63, 3.8) is 0 Å². The quantitative estimate of drug-likeness (QED) is 0.809. The molecule has 19 heavy (non-hydrogen) atoms. The van der Waals surface area contributed by atoms with Gasteiger partial charge in [-0.3, -0.25) is 0 Å². The summed E-state index contributed by atoms with van der Waals surface area (Å²) in [7, 11) is 0. The fraction of sp³-hybridized carbons (Fsp3) is 0.438. The number of halogens is 1. The van der Waals surface area contributed by atoms with Crippen molar-refractivity contribution in [2.45, 2.75) is 40.7 Å². The van der Waals surface area contributed by atoms with Gasteiger partial charge in [0.25, 0.3) is 0 Å². The van der Waals surface area contributed by atoms with Crippen LogP contribution in [0.4, 0.5) is 0 Å². The molecule has 0 spiro atoms. The van der Waals surface area contributed by atoms with Crippen molar-refractivity contribution < 1.29 is 0 Å². The van der Waals surface area contributed by atoms with Crippen molar-refractivity contribution in [2.24, 2.45) is 5.92 Å². The van der Waals surface area contributed by atoms with E-state index >= 15 is 0 Å². The highest BCUT2D eigenvalue weighted by Crippen LogP contribution is 2.21. The summed E-state index contributed by atoms with van der Waals surface area (Å²) >= 11 is 6.39. The fourth-order valence-electron chi connectivity index (χ4n) is 2.33. The van der Waals surface area contributed by atoms with Crippen LogP contribution < -0.4 is 0 Å². The molecule has 0 radical (unpaired) electrons. The minimum absolute atomic E-state index is 0.653. The molecule has 2 rings (SSSR count). The van der Waals surface area contributed by atoms with Crippen molar-refractivity contribution in [3.8, 4) is 0 Å². The van der Waals surface area contributed by atoms with Crippen molar-refractivity contribution in [2.75, 3.05) is 0 Å². The first-order valence-corrected chi connectivity index (χ1v) is 7.11. The second-order valence-electron chi connectivity index (χ2n) is 5.58. The van der Waals surface area contributed by atoms with Crippen LogP contribution in [-0.2, 0) is 13.0 Å². The average Bonchev–Trinajstić information content (AvgIpc) is 2.60. The molecule has 0 aliphatic rings. The summed E-state index contributed by atoms with van der Waals surface area (Å²) in [5, 5.41) is 0.851. The van der Waals surface area contributed by atoms with Crippen LogP contribution in [0.15, 0.2) is 24.4 Å². The van der Waals surface area contributed by atoms with Crippen molar-refractivity contribution in [3.05, 3.63) is 52.1 Å². The van der Waals surface area contributed by atoms with E-state index in [-0.39, 0.29) is 0 Å². The summed E-state index contributed by atoms with van der Waals surface area (Å²) in [6, 6.07) is 6.41. The third-order valence-corrected chi connectivity index (χ3v) is 3.55. The van der Waals surface area contributed by atoms with Gasteiger partial charge in [-0.25, -0.2) is 4.98 Å². The number of aromatic nitrogens is 2. The molecule has 0 N–H and O–H groups in total. The number of imidazole rings is 1. The summed E-state index contributed by atoms with van der Waals surface area (Å²) in [5.41, 5.74) is 3.50. The molecular formula is C16H21ClN2. The van der Waals surface area contributed by atoms with Gasteiger partial charge in [0.1, 0.15) is 5.82 Å². The van der Waals surface area contributed by atoms with Crippen LogP contribution >= 0.6 is 11.6 Å². The van der Waals surface area contributed by atoms with Crippen LogP contribution in [0, 0.1) is 19.8 Å². The first kappa shape index (κ1) is 14.1. The normalized spacial score (nSPS) is 11.3. The molecule has 0 aliphatic heterocycles. The van der Waals surface area contributed by atoms with E-state index in [4.69, 9.17) is 11.6 Å². The lowest BCUT2D eigenvalue weighted by Gasteiger charge is -2.10. The Morgan fingerprint density at radius 3 is 2.53 bits per heavy atom. The van der Waals surface area contributed by atoms with Crippen molar-refractivity contribution >= 4 is 11.6 Å². The number of rotatable bonds is 4. The molecule has 1 aromatic heterocycles. The molecular weight excluding hydrogens is 256 g/mol. The SMILES string of the molecule is Cc1cn(Cc2ccc(CC(C)C)cc2Cl)c(C)n1. The van der Waals surface area contributed by atoms with E-state index in [0.29, 0.717) is 5.92 Å². The molecule has 2 aromatic rings. The molecule has 0 unspecified atom stereocenters. The predicted molar refractivity (Wildman–Crippen MR) is 80.8 cm³/mol. The molecule has 2 nitrogen and oxygen atoms in total. The minimum Gasteiger partial charge on any atom is -0.330 e. The number of benzene rings is 1. The van der Waals surface area contributed by atoms with Gasteiger partial charge < -0.3 is 4.57 Å². The van der Waals surface area contributed by atoms with E-state index < -0.39 is 0 Å². The summed E-state index contributed by atoms with van der Waals surface area (Å²) in [4.78, 5) is 4.41. The molecule has 0 saturated heterocycles. The largest absolute Gasteiger partial charge is 0.330 e. The third-order valence-electron chi connectivity index (χ3n) is 3.20. The Labute approximate surface area is 120 Å². The van der Waals surface area contributed by atoms with E-state index in [0.717, 1.165) is 35.1 Å². The first-order chi connectivity index (χ1) is 8.95. The zero-order valence-electron chi connectivity index (χ0n) is 12.1. The molecule has 0 saturated carbocycles. The summed E-state index contributed by atoms with van der Waals surface area (Å²) in [5.74, 6) is 1.68. The number of nitrogens with zero attached hydrogens (tertiary/aromatic N) is 2. The molecule has 0 amide bonds. The van der Waals surface area contributed by atoms with Gasteiger partial charge in [-0.15, -0.1) is 0 Å². The molecule has 1 heterocycles. The van der Waals surface area contributed by atoms with Gasteiger partial charge in [-0.1, -0.05) is 37.6 Å². The topological polar surface area (TPSA) is 17.8 Å². The maximum absolute atomic E-state index is 6.39. The lowest BCUT2D eigenvalue weighted by atomic mass is 10.0. The highest BCUT2D eigenvalue weighted by Gasteiger charge is 2.07. The van der Waals surface area contributed by atoms with Crippen LogP contribution in [0.25, 0.3) is 0 Å². The smallest absolute Gasteiger partial charge is 0.106 e. The molecule has 0 atom stereocenters. The van der Waals surface area contributed by atoms with Gasteiger partial charge in [-0.05, 0) is 43.4 Å². The average molecular weight is 277 g/mol. The van der Waals surface area contributed by atoms with E-state index in [9.17, 15) is 0 Å². The second kappa shape index (κ2) is 5.79. The molecule has 3 heteroatoms. The van der Waals surface area contributed by atoms with Gasteiger partial charge >= 0.3 is 0 Å². The van der Waals surface area contributed by atoms with Crippen LogP contribution in [0.3, 0.4) is 0 Å². The van der Waals surface area contributed by atoms with Crippen molar-refractivity contribution in [1.82, 2.24) is 9.55 Å². The van der Waals surface area contributed by atoms with Crippen LogP contribution in [-0.4, -0.2) is 9.55 Å². The number of hydrogen-bond acceptors (Lipinski definition) is 1. The Kier molecular flexibility index (Phi) is 4.31. The lowest BCUT2D eigenvalue weighted by Crippen LogP contribution is -2.02. The van der Waals surface area contributed by atoms with Crippen molar-refractivity contribution in [1.29, 1.82) is 0 Å². The van der Waals surface area contributed by atoms with Gasteiger partial charge in [0.05, 0.1) is 12.2 Å². The third kappa shape index (κ3) is 3.60. The van der Waals surface area contributed by atoms with Gasteiger partial charge in [0.2, 0.25) is 0 Å². The lowest BCUT2D eigenvalue weighted by molar-refractivity contribution is 0.647. The molecule has 0 fully saturated rings. The molecule has 102 valence electrons. The summed E-state index contributed by atoms with van der Waals surface area (Å²) in [6.45, 7) is 9.26. The van der Waals surface area contributed by atoms with Gasteiger partial charge in [-0.2, -0.15) is 0 Å². The second-order valence-corrected chi connectivity index (χ2v) is 5.99. The Morgan fingerprint density at radius 1 is 1.26 bits per heavy atom. The molecule has 0 aliphatic carbocycles. The zero-order chi connectivity index (χ0) is 14.0. The maximum Gasteiger partial charge on any atom is 0.106 e. The Balaban J connectivity index is 2.19. The van der Waals surface area contributed by atoms with Gasteiger partial charge in [0, 0.05) is 11.2 Å².